The van der Waals surface area contributed by atoms with Gasteiger partial charge in [-0.3, -0.25) is 9.69 Å². The van der Waals surface area contributed by atoms with Gasteiger partial charge in [-0.1, -0.05) is 0 Å². The van der Waals surface area contributed by atoms with Gasteiger partial charge in [0.15, 0.2) is 0 Å². The molecule has 1 aliphatic carbocycles. The van der Waals surface area contributed by atoms with Crippen LogP contribution in [-0.4, -0.2) is 67.4 Å². The van der Waals surface area contributed by atoms with E-state index >= 15 is 0 Å². The Morgan fingerprint density at radius 1 is 1.17 bits per heavy atom. The third kappa shape index (κ3) is 4.17. The fourth-order valence-electron chi connectivity index (χ4n) is 3.86. The Balaban J connectivity index is 1.64. The molecule has 162 valence electrons. The van der Waals surface area contributed by atoms with Crippen molar-refractivity contribution in [1.82, 2.24) is 9.47 Å². The average molecular weight is 441 g/mol. The summed E-state index contributed by atoms with van der Waals surface area (Å²) in [7, 11) is -4.53. The number of aromatic nitrogens is 1. The molecule has 2 fully saturated rings. The highest BCUT2D eigenvalue weighted by Crippen LogP contribution is 2.38. The van der Waals surface area contributed by atoms with Crippen molar-refractivity contribution in [2.45, 2.75) is 18.9 Å². The van der Waals surface area contributed by atoms with Crippen LogP contribution in [0.15, 0.2) is 23.1 Å². The van der Waals surface area contributed by atoms with Gasteiger partial charge in [0.2, 0.25) is 5.43 Å². The largest absolute Gasteiger partial charge is 0.477 e. The van der Waals surface area contributed by atoms with Crippen LogP contribution in [0.2, 0.25) is 0 Å². The highest BCUT2D eigenvalue weighted by Gasteiger charge is 2.28. The summed E-state index contributed by atoms with van der Waals surface area (Å²) in [5.41, 5.74) is -0.290. The standard InChI is InChI=1S/C19H21F2N3O5S/c20-15-9-13-16(24(12-1-2-12)11-14(18(13)25)19(26)27)10-17(15)23-5-3-22(4-6-23)7-8-30(21,28)29/h9-12H,1-8H2,(H,26,27). The van der Waals surface area contributed by atoms with Crippen LogP contribution in [0.3, 0.4) is 0 Å². The van der Waals surface area contributed by atoms with Crippen LogP contribution in [0.25, 0.3) is 10.9 Å². The Labute approximate surface area is 171 Å². The second-order valence-electron chi connectivity index (χ2n) is 7.71. The molecule has 4 rings (SSSR count). The number of pyridine rings is 1. The molecular formula is C19H21F2N3O5S. The molecule has 0 atom stereocenters. The predicted octanol–water partition coefficient (Wildman–Crippen LogP) is 1.60. The predicted molar refractivity (Wildman–Crippen MR) is 107 cm³/mol. The molecule has 0 radical (unpaired) electrons. The smallest absolute Gasteiger partial charge is 0.341 e. The number of nitrogens with zero attached hydrogens (tertiary/aromatic N) is 3. The van der Waals surface area contributed by atoms with Gasteiger partial charge in [-0.05, 0) is 25.0 Å². The third-order valence-corrected chi connectivity index (χ3v) is 6.31. The Morgan fingerprint density at radius 3 is 2.40 bits per heavy atom. The minimum absolute atomic E-state index is 0.0369. The Bertz CT molecular complexity index is 1170. The van der Waals surface area contributed by atoms with Crippen molar-refractivity contribution >= 4 is 32.8 Å². The minimum atomic E-state index is -4.53. The van der Waals surface area contributed by atoms with Crippen molar-refractivity contribution in [2.24, 2.45) is 0 Å². The molecule has 0 unspecified atom stereocenters. The molecule has 0 amide bonds. The van der Waals surface area contributed by atoms with E-state index in [0.717, 1.165) is 18.9 Å². The van der Waals surface area contributed by atoms with Crippen molar-refractivity contribution in [2.75, 3.05) is 43.4 Å². The van der Waals surface area contributed by atoms with Crippen molar-refractivity contribution in [1.29, 1.82) is 0 Å². The van der Waals surface area contributed by atoms with Crippen LogP contribution < -0.4 is 10.3 Å². The first-order chi connectivity index (χ1) is 14.1. The summed E-state index contributed by atoms with van der Waals surface area (Å²) < 4.78 is 50.7. The molecule has 0 bridgehead atoms. The first-order valence-corrected chi connectivity index (χ1v) is 11.2. The van der Waals surface area contributed by atoms with Gasteiger partial charge in [-0.2, -0.15) is 8.42 Å². The molecule has 30 heavy (non-hydrogen) atoms. The zero-order valence-electron chi connectivity index (χ0n) is 16.1. The van der Waals surface area contributed by atoms with Gasteiger partial charge in [0.25, 0.3) is 0 Å². The summed E-state index contributed by atoms with van der Waals surface area (Å²) in [6.07, 6.45) is 3.06. The zero-order valence-corrected chi connectivity index (χ0v) is 16.9. The molecule has 1 N–H and O–H groups in total. The minimum Gasteiger partial charge on any atom is -0.477 e. The van der Waals surface area contributed by atoms with Crippen LogP contribution in [-0.2, 0) is 10.2 Å². The lowest BCUT2D eigenvalue weighted by molar-refractivity contribution is 0.0694. The highest BCUT2D eigenvalue weighted by atomic mass is 32.3. The summed E-state index contributed by atoms with van der Waals surface area (Å²) in [4.78, 5) is 27.6. The molecule has 1 saturated carbocycles. The van der Waals surface area contributed by atoms with Gasteiger partial charge in [0.05, 0.1) is 17.0 Å². The second kappa shape index (κ2) is 7.62. The lowest BCUT2D eigenvalue weighted by atomic mass is 10.1. The van der Waals surface area contributed by atoms with E-state index in [1.165, 1.54) is 6.20 Å². The summed E-state index contributed by atoms with van der Waals surface area (Å²) in [5, 5.41) is 9.35. The average Bonchev–Trinajstić information content (AvgIpc) is 3.51. The van der Waals surface area contributed by atoms with E-state index in [4.69, 9.17) is 0 Å². The number of fused-ring (bicyclic) bond motifs is 1. The normalized spacial score (nSPS) is 18.1. The number of carboxylic acid groups (broad SMARTS) is 1. The molecule has 11 heteroatoms. The molecule has 1 saturated heterocycles. The number of benzene rings is 1. The number of hydrogen-bond acceptors (Lipinski definition) is 6. The Morgan fingerprint density at radius 2 is 1.83 bits per heavy atom. The van der Waals surface area contributed by atoms with Gasteiger partial charge in [0.1, 0.15) is 11.4 Å². The zero-order chi connectivity index (χ0) is 21.6. The molecule has 2 aromatic rings. The van der Waals surface area contributed by atoms with Crippen molar-refractivity contribution in [3.63, 3.8) is 0 Å². The molecule has 2 heterocycles. The SMILES string of the molecule is O=C(O)c1cn(C2CC2)c2cc(N3CCN(CCS(=O)(=O)F)CC3)c(F)cc2c1=O. The lowest BCUT2D eigenvalue weighted by Crippen LogP contribution is -2.47. The van der Waals surface area contributed by atoms with Crippen molar-refractivity contribution in [3.05, 3.63) is 39.9 Å². The quantitative estimate of drug-likeness (QED) is 0.680. The van der Waals surface area contributed by atoms with Gasteiger partial charge >= 0.3 is 16.2 Å². The van der Waals surface area contributed by atoms with Gasteiger partial charge in [-0.25, -0.2) is 9.18 Å². The van der Waals surface area contributed by atoms with Crippen LogP contribution >= 0.6 is 0 Å². The number of carbonyl (C=O) groups is 1. The highest BCUT2D eigenvalue weighted by molar-refractivity contribution is 7.86. The van der Waals surface area contributed by atoms with E-state index in [0.29, 0.717) is 37.4 Å². The van der Waals surface area contributed by atoms with Crippen molar-refractivity contribution in [3.8, 4) is 0 Å². The summed E-state index contributed by atoms with van der Waals surface area (Å²) >= 11 is 0. The van der Waals surface area contributed by atoms with E-state index < -0.39 is 33.2 Å². The van der Waals surface area contributed by atoms with Crippen LogP contribution in [0, 0.1) is 5.82 Å². The number of anilines is 1. The Kier molecular flexibility index (Phi) is 5.27. The second-order valence-corrected chi connectivity index (χ2v) is 9.19. The fraction of sp³-hybridized carbons (Fsp3) is 0.474. The topological polar surface area (TPSA) is 99.9 Å². The monoisotopic (exact) mass is 441 g/mol. The van der Waals surface area contributed by atoms with Gasteiger partial charge in [0, 0.05) is 50.3 Å². The molecule has 8 nitrogen and oxygen atoms in total. The van der Waals surface area contributed by atoms with E-state index in [1.54, 1.807) is 20.4 Å². The summed E-state index contributed by atoms with van der Waals surface area (Å²) in [6, 6.07) is 2.77. The molecule has 1 aromatic carbocycles. The maximum Gasteiger partial charge on any atom is 0.341 e. The van der Waals surface area contributed by atoms with E-state index in [9.17, 15) is 31.4 Å². The molecule has 1 aliphatic heterocycles. The Hall–Kier alpha value is -2.53. The van der Waals surface area contributed by atoms with Crippen molar-refractivity contribution < 1.29 is 26.6 Å². The molecule has 2 aliphatic rings. The van der Waals surface area contributed by atoms with Crippen LogP contribution in [0.1, 0.15) is 29.2 Å². The first-order valence-electron chi connectivity index (χ1n) is 9.65. The maximum atomic E-state index is 14.9. The number of rotatable bonds is 6. The fourth-order valence-corrected chi connectivity index (χ4v) is 4.33. The number of halogens is 2. The molecular weight excluding hydrogens is 420 g/mol. The van der Waals surface area contributed by atoms with E-state index in [1.807, 2.05) is 0 Å². The maximum absolute atomic E-state index is 14.9. The van der Waals surface area contributed by atoms with Gasteiger partial charge < -0.3 is 14.6 Å². The summed E-state index contributed by atoms with van der Waals surface area (Å²) in [6.45, 7) is 1.79. The number of hydrogen-bond donors (Lipinski definition) is 1. The number of piperazine rings is 1. The molecule has 0 spiro atoms. The first kappa shape index (κ1) is 20.7. The van der Waals surface area contributed by atoms with Crippen LogP contribution in [0.5, 0.6) is 0 Å². The van der Waals surface area contributed by atoms with E-state index in [-0.39, 0.29) is 23.5 Å². The number of aromatic carboxylic acids is 1. The number of carboxylic acids is 1. The lowest BCUT2D eigenvalue weighted by Gasteiger charge is -2.36. The van der Waals surface area contributed by atoms with Crippen LogP contribution in [0.4, 0.5) is 14.0 Å². The van der Waals surface area contributed by atoms with E-state index in [2.05, 4.69) is 0 Å². The molecule has 1 aromatic heterocycles. The third-order valence-electron chi connectivity index (χ3n) is 5.64. The van der Waals surface area contributed by atoms with Gasteiger partial charge in [-0.15, -0.1) is 3.89 Å². The summed E-state index contributed by atoms with van der Waals surface area (Å²) in [5.74, 6) is -2.53.